The zero-order valence-corrected chi connectivity index (χ0v) is 12.6. The van der Waals surface area contributed by atoms with Crippen LogP contribution in [0, 0.1) is 0 Å². The number of aromatic nitrogens is 1. The van der Waals surface area contributed by atoms with E-state index in [-0.39, 0.29) is 4.34 Å². The van der Waals surface area contributed by atoms with Crippen LogP contribution in [0.15, 0.2) is 20.9 Å². The molecule has 0 fully saturated rings. The monoisotopic (exact) mass is 349 g/mol. The Kier molecular flexibility index (Phi) is 3.43. The van der Waals surface area contributed by atoms with Crippen molar-refractivity contribution in [2.75, 3.05) is 13.4 Å². The Morgan fingerprint density at radius 3 is 2.67 bits per heavy atom. The van der Waals surface area contributed by atoms with Gasteiger partial charge in [0.2, 0.25) is 14.2 Å². The molecule has 2 rings (SSSR count). The molecule has 2 aromatic rings. The first-order valence-electron chi connectivity index (χ1n) is 4.71. The highest BCUT2D eigenvalue weighted by Crippen LogP contribution is 2.30. The summed E-state index contributed by atoms with van der Waals surface area (Å²) < 4.78 is 28.7. The molecule has 96 valence electrons. The molecule has 5 nitrogen and oxygen atoms in total. The molecule has 1 aromatic heterocycles. The van der Waals surface area contributed by atoms with Gasteiger partial charge in [0.15, 0.2) is 0 Å². The SMILES string of the molecule is COC(=O)c1cc2nc(S(C)(=O)=O)sc2cc1Br. The van der Waals surface area contributed by atoms with Crippen LogP contribution < -0.4 is 0 Å². The maximum Gasteiger partial charge on any atom is 0.339 e. The third-order valence-corrected chi connectivity index (χ3v) is 5.53. The van der Waals surface area contributed by atoms with Crippen LogP contribution in [0.5, 0.6) is 0 Å². The Hall–Kier alpha value is -0.990. The molecule has 0 aliphatic heterocycles. The van der Waals surface area contributed by atoms with Gasteiger partial charge in [0.1, 0.15) is 0 Å². The summed E-state index contributed by atoms with van der Waals surface area (Å²) in [6, 6.07) is 3.17. The molecule has 0 aliphatic rings. The largest absolute Gasteiger partial charge is 0.465 e. The molecule has 0 spiro atoms. The van der Waals surface area contributed by atoms with Crippen LogP contribution in [-0.4, -0.2) is 32.7 Å². The number of benzene rings is 1. The van der Waals surface area contributed by atoms with Crippen molar-refractivity contribution in [1.82, 2.24) is 4.98 Å². The van der Waals surface area contributed by atoms with Gasteiger partial charge >= 0.3 is 5.97 Å². The molecular formula is C10H8BrNO4S2. The van der Waals surface area contributed by atoms with Crippen LogP contribution >= 0.6 is 27.3 Å². The molecule has 0 radical (unpaired) electrons. The first-order chi connectivity index (χ1) is 8.32. The maximum atomic E-state index is 11.5. The van der Waals surface area contributed by atoms with E-state index in [9.17, 15) is 13.2 Å². The smallest absolute Gasteiger partial charge is 0.339 e. The minimum atomic E-state index is -3.34. The number of fused-ring (bicyclic) bond motifs is 1. The average molecular weight is 350 g/mol. The van der Waals surface area contributed by atoms with E-state index in [4.69, 9.17) is 0 Å². The van der Waals surface area contributed by atoms with E-state index in [0.29, 0.717) is 20.3 Å². The van der Waals surface area contributed by atoms with Crippen molar-refractivity contribution in [3.8, 4) is 0 Å². The summed E-state index contributed by atoms with van der Waals surface area (Å²) in [6.45, 7) is 0. The lowest BCUT2D eigenvalue weighted by Crippen LogP contribution is -2.02. The van der Waals surface area contributed by atoms with Crippen LogP contribution in [0.25, 0.3) is 10.2 Å². The molecule has 0 saturated carbocycles. The summed E-state index contributed by atoms with van der Waals surface area (Å²) in [5, 5.41) is 0. The molecule has 1 heterocycles. The molecule has 1 aromatic carbocycles. The quantitative estimate of drug-likeness (QED) is 0.777. The van der Waals surface area contributed by atoms with Gasteiger partial charge in [-0.1, -0.05) is 0 Å². The van der Waals surface area contributed by atoms with Crippen molar-refractivity contribution in [2.24, 2.45) is 0 Å². The number of carbonyl (C=O) groups is 1. The molecule has 0 atom stereocenters. The van der Waals surface area contributed by atoms with Gasteiger partial charge in [-0.25, -0.2) is 18.2 Å². The van der Waals surface area contributed by atoms with Crippen molar-refractivity contribution in [3.63, 3.8) is 0 Å². The summed E-state index contributed by atoms with van der Waals surface area (Å²) >= 11 is 4.31. The summed E-state index contributed by atoms with van der Waals surface area (Å²) in [6.07, 6.45) is 1.10. The fraction of sp³-hybridized carbons (Fsp3) is 0.200. The summed E-state index contributed by atoms with van der Waals surface area (Å²) in [7, 11) is -2.06. The van der Waals surface area contributed by atoms with Gasteiger partial charge in [0, 0.05) is 10.7 Å². The fourth-order valence-electron chi connectivity index (χ4n) is 1.35. The van der Waals surface area contributed by atoms with Crippen LogP contribution in [0.4, 0.5) is 0 Å². The number of nitrogens with zero attached hydrogens (tertiary/aromatic N) is 1. The lowest BCUT2D eigenvalue weighted by Gasteiger charge is -2.01. The number of ether oxygens (including phenoxy) is 1. The zero-order valence-electron chi connectivity index (χ0n) is 9.43. The number of hydrogen-bond donors (Lipinski definition) is 0. The highest BCUT2D eigenvalue weighted by atomic mass is 79.9. The Bertz CT molecular complexity index is 736. The van der Waals surface area contributed by atoms with Crippen molar-refractivity contribution >= 4 is 53.3 Å². The highest BCUT2D eigenvalue weighted by Gasteiger charge is 2.17. The first kappa shape index (κ1) is 13.4. The van der Waals surface area contributed by atoms with Crippen LogP contribution in [0.1, 0.15) is 10.4 Å². The molecule has 0 saturated heterocycles. The normalized spacial score (nSPS) is 11.7. The fourth-order valence-corrected chi connectivity index (χ4v) is 3.87. The standard InChI is InChI=1S/C10H8BrNO4S2/c1-16-9(13)5-3-7-8(4-6(5)11)17-10(12-7)18(2,14)15/h3-4H,1-2H3. The van der Waals surface area contributed by atoms with E-state index >= 15 is 0 Å². The second kappa shape index (κ2) is 4.60. The molecule has 8 heteroatoms. The van der Waals surface area contributed by atoms with E-state index in [2.05, 4.69) is 25.7 Å². The third-order valence-electron chi connectivity index (χ3n) is 2.18. The third kappa shape index (κ3) is 2.40. The van der Waals surface area contributed by atoms with Crippen molar-refractivity contribution < 1.29 is 17.9 Å². The van der Waals surface area contributed by atoms with Crippen molar-refractivity contribution in [2.45, 2.75) is 4.34 Å². The number of esters is 1. The van der Waals surface area contributed by atoms with Crippen LogP contribution in [0.2, 0.25) is 0 Å². The highest BCUT2D eigenvalue weighted by molar-refractivity contribution is 9.10. The van der Waals surface area contributed by atoms with Crippen molar-refractivity contribution in [3.05, 3.63) is 22.2 Å². The Labute approximate surface area is 116 Å². The van der Waals surface area contributed by atoms with Gasteiger partial charge in [-0.15, -0.1) is 11.3 Å². The minimum absolute atomic E-state index is 0.0337. The first-order valence-corrected chi connectivity index (χ1v) is 8.21. The van der Waals surface area contributed by atoms with Crippen LogP contribution in [0.3, 0.4) is 0 Å². The molecule has 0 N–H and O–H groups in total. The van der Waals surface area contributed by atoms with Gasteiger partial charge in [-0.3, -0.25) is 0 Å². The number of thiazole rings is 1. The molecular weight excluding hydrogens is 342 g/mol. The number of halogens is 1. The van der Waals surface area contributed by atoms with E-state index in [1.807, 2.05) is 0 Å². The van der Waals surface area contributed by atoms with E-state index < -0.39 is 15.8 Å². The van der Waals surface area contributed by atoms with Gasteiger partial charge in [0.25, 0.3) is 0 Å². The Morgan fingerprint density at radius 2 is 2.11 bits per heavy atom. The molecule has 0 amide bonds. The lowest BCUT2D eigenvalue weighted by molar-refractivity contribution is 0.0600. The van der Waals surface area contributed by atoms with Crippen molar-refractivity contribution in [1.29, 1.82) is 0 Å². The summed E-state index contributed by atoms with van der Waals surface area (Å²) in [4.78, 5) is 15.5. The number of hydrogen-bond acceptors (Lipinski definition) is 6. The van der Waals surface area contributed by atoms with Gasteiger partial charge < -0.3 is 4.74 Å². The summed E-state index contributed by atoms with van der Waals surface area (Å²) in [5.74, 6) is -0.502. The topological polar surface area (TPSA) is 73.3 Å². The predicted octanol–water partition coefficient (Wildman–Crippen LogP) is 2.25. The van der Waals surface area contributed by atoms with Gasteiger partial charge in [-0.2, -0.15) is 0 Å². The zero-order chi connectivity index (χ0) is 13.5. The lowest BCUT2D eigenvalue weighted by atomic mass is 10.2. The number of rotatable bonds is 2. The van der Waals surface area contributed by atoms with E-state index in [1.54, 1.807) is 6.07 Å². The maximum absolute atomic E-state index is 11.5. The Morgan fingerprint density at radius 1 is 1.44 bits per heavy atom. The molecule has 0 unspecified atom stereocenters. The predicted molar refractivity (Wildman–Crippen MR) is 71.8 cm³/mol. The molecule has 18 heavy (non-hydrogen) atoms. The summed E-state index contributed by atoms with van der Waals surface area (Å²) in [5.41, 5.74) is 0.777. The number of methoxy groups -OCH3 is 1. The van der Waals surface area contributed by atoms with E-state index in [1.165, 1.54) is 13.2 Å². The second-order valence-corrected chi connectivity index (χ2v) is 7.62. The van der Waals surface area contributed by atoms with E-state index in [0.717, 1.165) is 17.6 Å². The average Bonchev–Trinajstić information content (AvgIpc) is 2.69. The number of carbonyl (C=O) groups excluding carboxylic acids is 1. The minimum Gasteiger partial charge on any atom is -0.465 e. The van der Waals surface area contributed by atoms with Gasteiger partial charge in [-0.05, 0) is 28.1 Å². The Balaban J connectivity index is 2.69. The molecule has 0 aliphatic carbocycles. The number of sulfone groups is 1. The second-order valence-electron chi connectivity index (χ2n) is 3.54. The van der Waals surface area contributed by atoms with Crippen LogP contribution in [-0.2, 0) is 14.6 Å². The van der Waals surface area contributed by atoms with Gasteiger partial charge in [0.05, 0.1) is 22.9 Å². The molecule has 0 bridgehead atoms.